The van der Waals surface area contributed by atoms with E-state index in [4.69, 9.17) is 10.00 Å². The Balaban J connectivity index is 2.42. The molecule has 20 heavy (non-hydrogen) atoms. The van der Waals surface area contributed by atoms with Crippen LogP contribution in [0.5, 0.6) is 5.75 Å². The first-order chi connectivity index (χ1) is 9.48. The van der Waals surface area contributed by atoms with Gasteiger partial charge in [0.15, 0.2) is 9.84 Å². The number of sulfone groups is 1. The minimum Gasteiger partial charge on any atom is -0.492 e. The molecule has 0 aliphatic rings. The summed E-state index contributed by atoms with van der Waals surface area (Å²) < 4.78 is 32.7. The fraction of sp³-hybridized carbons (Fsp3) is 0.385. The summed E-state index contributed by atoms with van der Waals surface area (Å²) in [7, 11) is -2.34. The van der Waals surface area contributed by atoms with Crippen LogP contribution in [-0.4, -0.2) is 39.6 Å². The average Bonchev–Trinajstić information content (AvgIpc) is 2.43. The van der Waals surface area contributed by atoms with E-state index < -0.39 is 21.6 Å². The first kappa shape index (κ1) is 16.0. The highest BCUT2D eigenvalue weighted by molar-refractivity contribution is 7.92. The van der Waals surface area contributed by atoms with E-state index in [-0.39, 0.29) is 18.8 Å². The maximum atomic E-state index is 11.5. The second-order valence-corrected chi connectivity index (χ2v) is 6.16. The number of carbonyl (C=O) groups is 1. The summed E-state index contributed by atoms with van der Waals surface area (Å²) in [5.74, 6) is -1.16. The monoisotopic (exact) mass is 297 g/mol. The molecule has 0 spiro atoms. The molecule has 0 fully saturated rings. The summed E-state index contributed by atoms with van der Waals surface area (Å²) in [5.41, 5.74) is 0.393. The Morgan fingerprint density at radius 3 is 2.70 bits per heavy atom. The van der Waals surface area contributed by atoms with E-state index >= 15 is 0 Å². The number of esters is 1. The fourth-order valence-corrected chi connectivity index (χ4v) is 2.64. The number of hydrogen-bond donors (Lipinski definition) is 0. The van der Waals surface area contributed by atoms with Crippen molar-refractivity contribution in [3.05, 3.63) is 29.8 Å². The van der Waals surface area contributed by atoms with Crippen LogP contribution in [0.15, 0.2) is 24.3 Å². The highest BCUT2D eigenvalue weighted by atomic mass is 32.2. The van der Waals surface area contributed by atoms with Gasteiger partial charge in [0.25, 0.3) is 0 Å². The lowest BCUT2D eigenvalue weighted by molar-refractivity contribution is -0.137. The van der Waals surface area contributed by atoms with Gasteiger partial charge in [-0.15, -0.1) is 0 Å². The van der Waals surface area contributed by atoms with E-state index in [1.54, 1.807) is 24.3 Å². The summed E-state index contributed by atoms with van der Waals surface area (Å²) in [5, 5.41) is 8.85. The first-order valence-electron chi connectivity index (χ1n) is 5.87. The summed E-state index contributed by atoms with van der Waals surface area (Å²) in [6.07, 6.45) is 0.235. The number of carbonyl (C=O) groups excluding carboxylic acids is 1. The molecule has 1 rings (SSSR count). The van der Waals surface area contributed by atoms with Gasteiger partial charge in [0.2, 0.25) is 0 Å². The van der Waals surface area contributed by atoms with Crippen LogP contribution in [0.2, 0.25) is 0 Å². The van der Waals surface area contributed by atoms with Crippen molar-refractivity contribution in [1.29, 1.82) is 5.26 Å². The average molecular weight is 297 g/mol. The number of benzene rings is 1. The van der Waals surface area contributed by atoms with Crippen molar-refractivity contribution in [1.82, 2.24) is 0 Å². The predicted octanol–water partition coefficient (Wildman–Crippen LogP) is 0.915. The van der Waals surface area contributed by atoms with Crippen LogP contribution < -0.4 is 4.74 Å². The van der Waals surface area contributed by atoms with Gasteiger partial charge in [-0.05, 0) is 18.6 Å². The summed E-state index contributed by atoms with van der Waals surface area (Å²) >= 11 is 0. The lowest BCUT2D eigenvalue weighted by Crippen LogP contribution is -2.21. The Morgan fingerprint density at radius 2 is 2.05 bits per heavy atom. The SMILES string of the molecule is COC(=O)CS(=O)(=O)CCCOc1ccccc1C#N. The highest BCUT2D eigenvalue weighted by Gasteiger charge is 2.16. The molecule has 0 saturated heterocycles. The molecule has 1 aromatic carbocycles. The van der Waals surface area contributed by atoms with Gasteiger partial charge in [0, 0.05) is 0 Å². The normalized spacial score (nSPS) is 10.6. The number of ether oxygens (including phenoxy) is 2. The van der Waals surface area contributed by atoms with E-state index in [1.165, 1.54) is 0 Å². The van der Waals surface area contributed by atoms with E-state index in [0.29, 0.717) is 11.3 Å². The molecule has 0 aliphatic carbocycles. The Morgan fingerprint density at radius 1 is 1.35 bits per heavy atom. The number of hydrogen-bond acceptors (Lipinski definition) is 6. The van der Waals surface area contributed by atoms with E-state index in [0.717, 1.165) is 7.11 Å². The van der Waals surface area contributed by atoms with Gasteiger partial charge in [-0.3, -0.25) is 4.79 Å². The second kappa shape index (κ2) is 7.50. The van der Waals surface area contributed by atoms with Crippen molar-refractivity contribution in [2.75, 3.05) is 25.2 Å². The van der Waals surface area contributed by atoms with Gasteiger partial charge in [-0.1, -0.05) is 12.1 Å². The molecule has 0 aliphatic heterocycles. The summed E-state index contributed by atoms with van der Waals surface area (Å²) in [4.78, 5) is 10.9. The fourth-order valence-electron chi connectivity index (χ4n) is 1.46. The molecule has 0 radical (unpaired) electrons. The van der Waals surface area contributed by atoms with Crippen LogP contribution in [-0.2, 0) is 19.4 Å². The molecule has 0 bridgehead atoms. The summed E-state index contributed by atoms with van der Waals surface area (Å²) in [6, 6.07) is 8.68. The van der Waals surface area contributed by atoms with E-state index in [9.17, 15) is 13.2 Å². The van der Waals surface area contributed by atoms with Crippen molar-refractivity contribution in [2.45, 2.75) is 6.42 Å². The van der Waals surface area contributed by atoms with E-state index in [2.05, 4.69) is 4.74 Å². The van der Waals surface area contributed by atoms with Gasteiger partial charge >= 0.3 is 5.97 Å². The molecule has 0 unspecified atom stereocenters. The molecule has 0 N–H and O–H groups in total. The van der Waals surface area contributed by atoms with Gasteiger partial charge < -0.3 is 9.47 Å². The second-order valence-electron chi connectivity index (χ2n) is 3.98. The third-order valence-electron chi connectivity index (χ3n) is 2.43. The number of methoxy groups -OCH3 is 1. The molecule has 1 aromatic rings. The maximum Gasteiger partial charge on any atom is 0.320 e. The number of nitriles is 1. The van der Waals surface area contributed by atoms with Crippen molar-refractivity contribution in [3.8, 4) is 11.8 Å². The highest BCUT2D eigenvalue weighted by Crippen LogP contribution is 2.16. The molecule has 6 nitrogen and oxygen atoms in total. The third kappa shape index (κ3) is 5.28. The zero-order valence-electron chi connectivity index (χ0n) is 11.0. The molecule has 0 heterocycles. The molecular weight excluding hydrogens is 282 g/mol. The van der Waals surface area contributed by atoms with Crippen LogP contribution in [0.25, 0.3) is 0 Å². The van der Waals surface area contributed by atoms with Crippen molar-refractivity contribution >= 4 is 15.8 Å². The lowest BCUT2D eigenvalue weighted by atomic mass is 10.2. The topological polar surface area (TPSA) is 93.5 Å². The molecule has 0 saturated carbocycles. The van der Waals surface area contributed by atoms with Crippen molar-refractivity contribution < 1.29 is 22.7 Å². The van der Waals surface area contributed by atoms with Crippen LogP contribution in [0, 0.1) is 11.3 Å². The zero-order valence-corrected chi connectivity index (χ0v) is 11.9. The maximum absolute atomic E-state index is 11.5. The largest absolute Gasteiger partial charge is 0.492 e. The number of para-hydroxylation sites is 1. The lowest BCUT2D eigenvalue weighted by Gasteiger charge is -2.07. The van der Waals surface area contributed by atoms with Crippen LogP contribution in [0.1, 0.15) is 12.0 Å². The Bertz CT molecular complexity index is 603. The predicted molar refractivity (Wildman–Crippen MR) is 71.9 cm³/mol. The molecular formula is C13H15NO5S. The minimum absolute atomic E-state index is 0.152. The van der Waals surface area contributed by atoms with E-state index in [1.807, 2.05) is 6.07 Å². The van der Waals surface area contributed by atoms with Crippen LogP contribution in [0.3, 0.4) is 0 Å². The molecule has 0 atom stereocenters. The Hall–Kier alpha value is -2.07. The Labute approximate surface area is 117 Å². The molecule has 108 valence electrons. The quantitative estimate of drug-likeness (QED) is 0.548. The summed E-state index contributed by atoms with van der Waals surface area (Å²) in [6.45, 7) is 0.152. The Kier molecular flexibility index (Phi) is 6.00. The number of rotatable bonds is 7. The van der Waals surface area contributed by atoms with Gasteiger partial charge in [0.05, 0.1) is 25.0 Å². The van der Waals surface area contributed by atoms with Gasteiger partial charge in [0.1, 0.15) is 17.6 Å². The molecule has 0 amide bonds. The van der Waals surface area contributed by atoms with Crippen LogP contribution in [0.4, 0.5) is 0 Å². The standard InChI is InChI=1S/C13H15NO5S/c1-18-13(15)10-20(16,17)8-4-7-19-12-6-3-2-5-11(12)9-14/h2-3,5-6H,4,7-8,10H2,1H3. The van der Waals surface area contributed by atoms with Gasteiger partial charge in [-0.2, -0.15) is 5.26 Å². The molecule has 7 heteroatoms. The minimum atomic E-state index is -3.48. The molecule has 0 aromatic heterocycles. The zero-order chi connectivity index (χ0) is 15.0. The number of nitrogens with zero attached hydrogens (tertiary/aromatic N) is 1. The first-order valence-corrected chi connectivity index (χ1v) is 7.70. The smallest absolute Gasteiger partial charge is 0.320 e. The van der Waals surface area contributed by atoms with Crippen LogP contribution >= 0.6 is 0 Å². The third-order valence-corrected chi connectivity index (χ3v) is 4.02. The van der Waals surface area contributed by atoms with Crippen molar-refractivity contribution in [2.24, 2.45) is 0 Å². The van der Waals surface area contributed by atoms with Crippen molar-refractivity contribution in [3.63, 3.8) is 0 Å². The van der Waals surface area contributed by atoms with Gasteiger partial charge in [-0.25, -0.2) is 8.42 Å².